The lowest BCUT2D eigenvalue weighted by Gasteiger charge is -2.49. The van der Waals surface area contributed by atoms with Gasteiger partial charge in [0.15, 0.2) is 0 Å². The Hall–Kier alpha value is -2.39. The number of nitrogens with one attached hydrogen (secondary N) is 2. The number of amides is 2. The van der Waals surface area contributed by atoms with Crippen LogP contribution in [0.25, 0.3) is 0 Å². The number of sulfonamides is 1. The van der Waals surface area contributed by atoms with Crippen LogP contribution in [0.1, 0.15) is 71.8 Å². The minimum Gasteiger partial charge on any atom is -0.353 e. The summed E-state index contributed by atoms with van der Waals surface area (Å²) in [5, 5.41) is 5.71. The normalized spacial score (nSPS) is 28.0. The summed E-state index contributed by atoms with van der Waals surface area (Å²) in [5.74, 6) is -0.820. The van der Waals surface area contributed by atoms with Crippen molar-refractivity contribution < 1.29 is 18.0 Å². The van der Waals surface area contributed by atoms with Crippen molar-refractivity contribution in [1.82, 2.24) is 19.8 Å². The molecule has 204 valence electrons. The van der Waals surface area contributed by atoms with Gasteiger partial charge in [-0.2, -0.15) is 0 Å². The van der Waals surface area contributed by atoms with Gasteiger partial charge in [0, 0.05) is 31.0 Å². The highest BCUT2D eigenvalue weighted by Crippen LogP contribution is 2.40. The molecule has 1 saturated heterocycles. The lowest BCUT2D eigenvalue weighted by atomic mass is 9.70. The third-order valence-electron chi connectivity index (χ3n) is 8.31. The number of benzene rings is 1. The van der Waals surface area contributed by atoms with Gasteiger partial charge in [-0.1, -0.05) is 45.4 Å². The number of piperidine rings is 1. The summed E-state index contributed by atoms with van der Waals surface area (Å²) in [6.45, 7) is 13.2. The van der Waals surface area contributed by atoms with E-state index in [9.17, 15) is 18.0 Å². The van der Waals surface area contributed by atoms with Gasteiger partial charge in [-0.05, 0) is 68.5 Å². The number of hydrogen-bond donors (Lipinski definition) is 2. The topological polar surface area (TPSA) is 98.8 Å². The Morgan fingerprint density at radius 1 is 1.14 bits per heavy atom. The Morgan fingerprint density at radius 3 is 2.49 bits per heavy atom. The molecule has 0 unspecified atom stereocenters. The Bertz CT molecular complexity index is 1140. The zero-order chi connectivity index (χ0) is 27.0. The van der Waals surface area contributed by atoms with E-state index in [1.165, 1.54) is 37.4 Å². The molecular formula is C28H42N4O4S. The first-order valence-electron chi connectivity index (χ1n) is 13.4. The van der Waals surface area contributed by atoms with Gasteiger partial charge in [0.1, 0.15) is 6.04 Å². The number of carbonyl (C=O) groups is 2. The fourth-order valence-electron chi connectivity index (χ4n) is 6.16. The van der Waals surface area contributed by atoms with Crippen molar-refractivity contribution in [3.63, 3.8) is 0 Å². The summed E-state index contributed by atoms with van der Waals surface area (Å²) >= 11 is 0. The standard InChI is InChI=1S/C28H42N4O4S/c1-20-7-10-22(11-8-20)37(35,36)32-16-14-29-26(34)23(32)17-25(33)30-24-12-9-21(18-28(24,4)5)31-15-6-13-27(2,3)19-31/h7-8,10-11,14,16,21,23-24H,6,9,12-13,15,17-19H2,1-5H3,(H,29,34)(H,30,33)/t21-,23-,24+/m1/s1. The van der Waals surface area contributed by atoms with Crippen LogP contribution in [-0.2, 0) is 19.6 Å². The van der Waals surface area contributed by atoms with Crippen LogP contribution in [-0.4, -0.2) is 60.7 Å². The first-order chi connectivity index (χ1) is 17.3. The van der Waals surface area contributed by atoms with Crippen LogP contribution in [0, 0.1) is 17.8 Å². The number of likely N-dealkylation sites (tertiary alicyclic amines) is 1. The molecule has 0 radical (unpaired) electrons. The van der Waals surface area contributed by atoms with Crippen molar-refractivity contribution in [2.45, 2.75) is 96.2 Å². The maximum atomic E-state index is 13.3. The van der Waals surface area contributed by atoms with Gasteiger partial charge in [0.05, 0.1) is 11.3 Å². The van der Waals surface area contributed by atoms with E-state index in [0.29, 0.717) is 11.5 Å². The lowest BCUT2D eigenvalue weighted by Crippen LogP contribution is -2.56. The zero-order valence-corrected chi connectivity index (χ0v) is 23.6. The molecule has 4 rings (SSSR count). The largest absolute Gasteiger partial charge is 0.353 e. The Balaban J connectivity index is 1.42. The Morgan fingerprint density at radius 2 is 1.84 bits per heavy atom. The second-order valence-electron chi connectivity index (χ2n) is 12.5. The average Bonchev–Trinajstić information content (AvgIpc) is 2.81. The van der Waals surface area contributed by atoms with Gasteiger partial charge in [-0.3, -0.25) is 18.8 Å². The highest BCUT2D eigenvalue weighted by molar-refractivity contribution is 7.89. The van der Waals surface area contributed by atoms with Gasteiger partial charge in [-0.25, -0.2) is 8.42 Å². The Labute approximate surface area is 221 Å². The van der Waals surface area contributed by atoms with E-state index in [1.807, 2.05) is 6.92 Å². The SMILES string of the molecule is Cc1ccc(S(=O)(=O)N2C=CNC(=O)[C@H]2CC(=O)N[C@H]2CC[C@@H](N3CCCC(C)(C)C3)CC2(C)C)cc1. The summed E-state index contributed by atoms with van der Waals surface area (Å²) in [5.41, 5.74) is 1.17. The second kappa shape index (κ2) is 10.4. The molecule has 1 aromatic carbocycles. The zero-order valence-electron chi connectivity index (χ0n) is 22.8. The van der Waals surface area contributed by atoms with E-state index in [2.05, 4.69) is 43.2 Å². The number of carbonyl (C=O) groups excluding carboxylic acids is 2. The maximum Gasteiger partial charge on any atom is 0.264 e. The van der Waals surface area contributed by atoms with E-state index in [0.717, 1.165) is 42.2 Å². The monoisotopic (exact) mass is 530 g/mol. The van der Waals surface area contributed by atoms with E-state index in [-0.39, 0.29) is 28.7 Å². The summed E-state index contributed by atoms with van der Waals surface area (Å²) < 4.78 is 27.6. The molecule has 1 aliphatic carbocycles. The van der Waals surface area contributed by atoms with Crippen molar-refractivity contribution in [2.75, 3.05) is 13.1 Å². The summed E-state index contributed by atoms with van der Waals surface area (Å²) in [6, 6.07) is 5.80. The molecule has 0 aromatic heterocycles. The molecule has 3 aliphatic rings. The number of aryl methyl sites for hydroxylation is 1. The van der Waals surface area contributed by atoms with E-state index in [1.54, 1.807) is 12.1 Å². The first kappa shape index (κ1) is 27.6. The molecule has 2 N–H and O–H groups in total. The van der Waals surface area contributed by atoms with Crippen molar-refractivity contribution in [2.24, 2.45) is 10.8 Å². The molecule has 2 amide bonds. The summed E-state index contributed by atoms with van der Waals surface area (Å²) in [7, 11) is -3.99. The lowest BCUT2D eigenvalue weighted by molar-refractivity contribution is -0.130. The van der Waals surface area contributed by atoms with Gasteiger partial charge < -0.3 is 10.6 Å². The third-order valence-corrected chi connectivity index (χ3v) is 10.1. The summed E-state index contributed by atoms with van der Waals surface area (Å²) in [4.78, 5) is 28.6. The van der Waals surface area contributed by atoms with E-state index < -0.39 is 22.0 Å². The van der Waals surface area contributed by atoms with Crippen molar-refractivity contribution in [1.29, 1.82) is 0 Å². The van der Waals surface area contributed by atoms with E-state index in [4.69, 9.17) is 0 Å². The highest BCUT2D eigenvalue weighted by Gasteiger charge is 2.42. The van der Waals surface area contributed by atoms with Crippen LogP contribution >= 0.6 is 0 Å². The average molecular weight is 531 g/mol. The third kappa shape index (κ3) is 6.20. The van der Waals surface area contributed by atoms with Crippen LogP contribution in [0.2, 0.25) is 0 Å². The predicted molar refractivity (Wildman–Crippen MR) is 144 cm³/mol. The molecule has 1 saturated carbocycles. The van der Waals surface area contributed by atoms with E-state index >= 15 is 0 Å². The number of hydrogen-bond acceptors (Lipinski definition) is 5. The summed E-state index contributed by atoms with van der Waals surface area (Å²) in [6.07, 6.45) is 7.75. The molecule has 9 heteroatoms. The van der Waals surface area contributed by atoms with Crippen LogP contribution in [0.15, 0.2) is 41.6 Å². The number of nitrogens with zero attached hydrogens (tertiary/aromatic N) is 2. The molecule has 0 spiro atoms. The van der Waals surface area contributed by atoms with Gasteiger partial charge in [0.25, 0.3) is 10.0 Å². The molecule has 2 heterocycles. The van der Waals surface area contributed by atoms with Crippen LogP contribution in [0.5, 0.6) is 0 Å². The van der Waals surface area contributed by atoms with Gasteiger partial charge in [-0.15, -0.1) is 0 Å². The molecule has 37 heavy (non-hydrogen) atoms. The molecule has 8 nitrogen and oxygen atoms in total. The van der Waals surface area contributed by atoms with Crippen LogP contribution < -0.4 is 10.6 Å². The van der Waals surface area contributed by atoms with Crippen molar-refractivity contribution in [3.8, 4) is 0 Å². The minimum absolute atomic E-state index is 0.0293. The molecule has 0 bridgehead atoms. The molecule has 1 aromatic rings. The fraction of sp³-hybridized carbons (Fsp3) is 0.643. The smallest absolute Gasteiger partial charge is 0.264 e. The quantitative estimate of drug-likeness (QED) is 0.586. The number of rotatable bonds is 6. The highest BCUT2D eigenvalue weighted by atomic mass is 32.2. The molecule has 2 fully saturated rings. The molecular weight excluding hydrogens is 488 g/mol. The first-order valence-corrected chi connectivity index (χ1v) is 14.8. The Kier molecular flexibility index (Phi) is 7.77. The van der Waals surface area contributed by atoms with Crippen molar-refractivity contribution >= 4 is 21.8 Å². The van der Waals surface area contributed by atoms with Gasteiger partial charge in [0.2, 0.25) is 11.8 Å². The molecule has 2 aliphatic heterocycles. The minimum atomic E-state index is -3.99. The second-order valence-corrected chi connectivity index (χ2v) is 14.3. The maximum absolute atomic E-state index is 13.3. The van der Waals surface area contributed by atoms with Crippen molar-refractivity contribution in [3.05, 3.63) is 42.2 Å². The predicted octanol–water partition coefficient (Wildman–Crippen LogP) is 3.53. The van der Waals surface area contributed by atoms with Crippen LogP contribution in [0.3, 0.4) is 0 Å². The fourth-order valence-corrected chi connectivity index (χ4v) is 7.61. The van der Waals surface area contributed by atoms with Gasteiger partial charge >= 0.3 is 0 Å². The molecule has 3 atom stereocenters. The van der Waals surface area contributed by atoms with Crippen LogP contribution in [0.4, 0.5) is 0 Å².